The first kappa shape index (κ1) is 11.6. The third-order valence-corrected chi connectivity index (χ3v) is 3.47. The third-order valence-electron chi connectivity index (χ3n) is 3.47. The minimum absolute atomic E-state index is 0.231. The molecule has 1 aliphatic heterocycles. The van der Waals surface area contributed by atoms with Gasteiger partial charge in [-0.25, -0.2) is 4.98 Å². The lowest BCUT2D eigenvalue weighted by Gasteiger charge is -2.28. The summed E-state index contributed by atoms with van der Waals surface area (Å²) in [4.78, 5) is 4.31. The fraction of sp³-hybridized carbons (Fsp3) is 0.750. The average molecular weight is 224 g/mol. The Morgan fingerprint density at radius 3 is 3.12 bits per heavy atom. The number of aryl methyl sites for hydroxylation is 1. The Morgan fingerprint density at radius 1 is 1.69 bits per heavy atom. The molecule has 0 radical (unpaired) electrons. The lowest BCUT2D eigenvalue weighted by molar-refractivity contribution is -0.00672. The van der Waals surface area contributed by atoms with Gasteiger partial charge in [0.1, 0.15) is 5.82 Å². The van der Waals surface area contributed by atoms with Crippen LogP contribution in [0.3, 0.4) is 0 Å². The molecule has 0 bridgehead atoms. The van der Waals surface area contributed by atoms with Crippen molar-refractivity contribution in [3.63, 3.8) is 0 Å². The van der Waals surface area contributed by atoms with Gasteiger partial charge in [0.2, 0.25) is 0 Å². The molecular weight excluding hydrogens is 204 g/mol. The minimum Gasteiger partial charge on any atom is -0.389 e. The Morgan fingerprint density at radius 2 is 2.50 bits per heavy atom. The van der Waals surface area contributed by atoms with Gasteiger partial charge in [-0.3, -0.25) is 0 Å². The third kappa shape index (κ3) is 2.28. The summed E-state index contributed by atoms with van der Waals surface area (Å²) in [6, 6.07) is 0. The second kappa shape index (κ2) is 4.55. The summed E-state index contributed by atoms with van der Waals surface area (Å²) in [7, 11) is 0. The molecule has 1 N–H and O–H groups in total. The van der Waals surface area contributed by atoms with E-state index in [0.29, 0.717) is 13.0 Å². The topological polar surface area (TPSA) is 47.3 Å². The highest BCUT2D eigenvalue weighted by Crippen LogP contribution is 2.28. The molecule has 4 heteroatoms. The van der Waals surface area contributed by atoms with E-state index in [1.54, 1.807) is 6.20 Å². The Bertz CT molecular complexity index is 341. The van der Waals surface area contributed by atoms with Crippen LogP contribution in [0, 0.1) is 5.92 Å². The predicted molar refractivity (Wildman–Crippen MR) is 61.2 cm³/mol. The molecule has 2 unspecified atom stereocenters. The van der Waals surface area contributed by atoms with E-state index < -0.39 is 5.60 Å². The summed E-state index contributed by atoms with van der Waals surface area (Å²) in [5.74, 6) is 1.19. The van der Waals surface area contributed by atoms with Crippen LogP contribution in [0.4, 0.5) is 0 Å². The van der Waals surface area contributed by atoms with E-state index in [1.807, 2.05) is 13.1 Å². The molecule has 90 valence electrons. The summed E-state index contributed by atoms with van der Waals surface area (Å²) in [6.07, 6.45) is 5.29. The van der Waals surface area contributed by atoms with Crippen molar-refractivity contribution in [3.8, 4) is 0 Å². The monoisotopic (exact) mass is 224 g/mol. The summed E-state index contributed by atoms with van der Waals surface area (Å²) < 4.78 is 7.41. The van der Waals surface area contributed by atoms with E-state index in [0.717, 1.165) is 25.4 Å². The summed E-state index contributed by atoms with van der Waals surface area (Å²) in [6.45, 7) is 6.30. The van der Waals surface area contributed by atoms with Gasteiger partial charge in [-0.05, 0) is 20.3 Å². The van der Waals surface area contributed by atoms with E-state index in [2.05, 4.69) is 16.5 Å². The van der Waals surface area contributed by atoms with Gasteiger partial charge in [0.05, 0.1) is 12.2 Å². The maximum atomic E-state index is 10.5. The molecule has 0 amide bonds. The first-order valence-electron chi connectivity index (χ1n) is 5.93. The maximum absolute atomic E-state index is 10.5. The highest BCUT2D eigenvalue weighted by atomic mass is 16.5. The number of hydrogen-bond donors (Lipinski definition) is 1. The van der Waals surface area contributed by atoms with Crippen molar-refractivity contribution in [1.29, 1.82) is 0 Å². The van der Waals surface area contributed by atoms with Gasteiger partial charge >= 0.3 is 0 Å². The highest BCUT2D eigenvalue weighted by Gasteiger charge is 2.35. The van der Waals surface area contributed by atoms with Crippen LogP contribution in [-0.2, 0) is 17.7 Å². The van der Waals surface area contributed by atoms with Crippen molar-refractivity contribution in [2.45, 2.75) is 38.8 Å². The van der Waals surface area contributed by atoms with Crippen LogP contribution in [0.1, 0.15) is 26.1 Å². The lowest BCUT2D eigenvalue weighted by atomic mass is 9.85. The van der Waals surface area contributed by atoms with Crippen molar-refractivity contribution in [2.75, 3.05) is 13.2 Å². The maximum Gasteiger partial charge on any atom is 0.111 e. The van der Waals surface area contributed by atoms with E-state index in [-0.39, 0.29) is 5.92 Å². The molecule has 0 saturated carbocycles. The Balaban J connectivity index is 2.07. The molecule has 0 aliphatic carbocycles. The zero-order chi connectivity index (χ0) is 11.6. The van der Waals surface area contributed by atoms with Crippen LogP contribution in [-0.4, -0.2) is 33.5 Å². The molecule has 16 heavy (non-hydrogen) atoms. The second-order valence-corrected chi connectivity index (χ2v) is 4.72. The van der Waals surface area contributed by atoms with Gasteiger partial charge in [-0.2, -0.15) is 0 Å². The first-order valence-corrected chi connectivity index (χ1v) is 5.93. The SMILES string of the molecule is CCn1ccnc1CC(C)(O)C1CCOC1. The van der Waals surface area contributed by atoms with Gasteiger partial charge < -0.3 is 14.4 Å². The number of nitrogens with zero attached hydrogens (tertiary/aromatic N) is 2. The standard InChI is InChI=1S/C12H20N2O2/c1-3-14-6-5-13-11(14)8-12(2,15)10-4-7-16-9-10/h5-6,10,15H,3-4,7-9H2,1-2H3. The Hall–Kier alpha value is -0.870. The van der Waals surface area contributed by atoms with Crippen LogP contribution in [0.2, 0.25) is 0 Å². The Labute approximate surface area is 96.3 Å². The van der Waals surface area contributed by atoms with E-state index in [9.17, 15) is 5.11 Å². The van der Waals surface area contributed by atoms with Crippen molar-refractivity contribution in [1.82, 2.24) is 9.55 Å². The number of ether oxygens (including phenoxy) is 1. The molecule has 2 heterocycles. The van der Waals surface area contributed by atoms with Gasteiger partial charge in [-0.15, -0.1) is 0 Å². The average Bonchev–Trinajstić information content (AvgIpc) is 2.86. The second-order valence-electron chi connectivity index (χ2n) is 4.72. The lowest BCUT2D eigenvalue weighted by Crippen LogP contribution is -2.38. The van der Waals surface area contributed by atoms with E-state index in [1.165, 1.54) is 0 Å². The smallest absolute Gasteiger partial charge is 0.111 e. The van der Waals surface area contributed by atoms with Crippen LogP contribution in [0.25, 0.3) is 0 Å². The molecule has 1 aliphatic rings. The summed E-state index contributed by atoms with van der Waals surface area (Å²) in [5.41, 5.74) is -0.714. The summed E-state index contributed by atoms with van der Waals surface area (Å²) in [5, 5.41) is 10.5. The molecule has 2 rings (SSSR count). The zero-order valence-corrected chi connectivity index (χ0v) is 10.0. The van der Waals surface area contributed by atoms with E-state index >= 15 is 0 Å². The van der Waals surface area contributed by atoms with Crippen molar-refractivity contribution >= 4 is 0 Å². The molecule has 0 aromatic carbocycles. The number of hydrogen-bond acceptors (Lipinski definition) is 3. The van der Waals surface area contributed by atoms with Gasteiger partial charge in [0, 0.05) is 37.9 Å². The normalized spacial score (nSPS) is 24.6. The van der Waals surface area contributed by atoms with Gasteiger partial charge in [0.15, 0.2) is 0 Å². The largest absolute Gasteiger partial charge is 0.389 e. The highest BCUT2D eigenvalue weighted by molar-refractivity contribution is 5.00. The summed E-state index contributed by atoms with van der Waals surface area (Å²) >= 11 is 0. The molecule has 1 aromatic rings. The number of imidazole rings is 1. The molecule has 1 fully saturated rings. The van der Waals surface area contributed by atoms with Gasteiger partial charge in [-0.1, -0.05) is 0 Å². The molecule has 0 spiro atoms. The van der Waals surface area contributed by atoms with Crippen LogP contribution < -0.4 is 0 Å². The fourth-order valence-corrected chi connectivity index (χ4v) is 2.28. The quantitative estimate of drug-likeness (QED) is 0.837. The molecule has 4 nitrogen and oxygen atoms in total. The fourth-order valence-electron chi connectivity index (χ4n) is 2.28. The first-order chi connectivity index (χ1) is 7.63. The van der Waals surface area contributed by atoms with E-state index in [4.69, 9.17) is 4.74 Å². The number of aliphatic hydroxyl groups is 1. The van der Waals surface area contributed by atoms with Crippen LogP contribution in [0.15, 0.2) is 12.4 Å². The number of aromatic nitrogens is 2. The van der Waals surface area contributed by atoms with Crippen molar-refractivity contribution in [2.24, 2.45) is 5.92 Å². The van der Waals surface area contributed by atoms with Crippen LogP contribution in [0.5, 0.6) is 0 Å². The van der Waals surface area contributed by atoms with Crippen molar-refractivity contribution in [3.05, 3.63) is 18.2 Å². The van der Waals surface area contributed by atoms with Gasteiger partial charge in [0.25, 0.3) is 0 Å². The molecule has 1 aromatic heterocycles. The molecule has 2 atom stereocenters. The Kier molecular flexibility index (Phi) is 3.30. The van der Waals surface area contributed by atoms with Crippen LogP contribution >= 0.6 is 0 Å². The molecular formula is C12H20N2O2. The minimum atomic E-state index is -0.714. The zero-order valence-electron chi connectivity index (χ0n) is 10.0. The predicted octanol–water partition coefficient (Wildman–Crippen LogP) is 1.23. The molecule has 1 saturated heterocycles. The number of rotatable bonds is 4. The van der Waals surface area contributed by atoms with Crippen molar-refractivity contribution < 1.29 is 9.84 Å².